The van der Waals surface area contributed by atoms with Crippen molar-refractivity contribution in [2.45, 2.75) is 6.92 Å². The van der Waals surface area contributed by atoms with Gasteiger partial charge in [0.1, 0.15) is 0 Å². The van der Waals surface area contributed by atoms with Gasteiger partial charge in [-0.2, -0.15) is 0 Å². The fourth-order valence-electron chi connectivity index (χ4n) is 2.04. The summed E-state index contributed by atoms with van der Waals surface area (Å²) in [6.45, 7) is 2.06. The summed E-state index contributed by atoms with van der Waals surface area (Å²) in [5.41, 5.74) is 10.1. The molecule has 1 aromatic heterocycles. The second-order valence-corrected chi connectivity index (χ2v) is 4.06. The fraction of sp³-hybridized carbons (Fsp3) is 0.0714. The van der Waals surface area contributed by atoms with Crippen LogP contribution in [0.3, 0.4) is 0 Å². The average Bonchev–Trinajstić information content (AvgIpc) is 2.29. The van der Waals surface area contributed by atoms with E-state index in [2.05, 4.69) is 24.0 Å². The molecule has 0 bridgehead atoms. The summed E-state index contributed by atoms with van der Waals surface area (Å²) in [5.74, 6) is 0. The Morgan fingerprint density at radius 1 is 0.938 bits per heavy atom. The Hall–Kier alpha value is -2.09. The number of aromatic nitrogens is 1. The number of rotatable bonds is 0. The largest absolute Gasteiger partial charge is 0.398 e. The SMILES string of the molecule is Cc1ccc2c(N)c3ccccc3nc2c1. The van der Waals surface area contributed by atoms with E-state index in [1.165, 1.54) is 5.56 Å². The lowest BCUT2D eigenvalue weighted by atomic mass is 10.1. The van der Waals surface area contributed by atoms with E-state index < -0.39 is 0 Å². The number of hydrogen-bond acceptors (Lipinski definition) is 2. The molecule has 78 valence electrons. The van der Waals surface area contributed by atoms with Gasteiger partial charge < -0.3 is 5.73 Å². The third kappa shape index (κ3) is 1.23. The van der Waals surface area contributed by atoms with E-state index in [1.54, 1.807) is 0 Å². The molecule has 3 rings (SSSR count). The van der Waals surface area contributed by atoms with Gasteiger partial charge >= 0.3 is 0 Å². The van der Waals surface area contributed by atoms with Crippen LogP contribution in [0, 0.1) is 6.92 Å². The Labute approximate surface area is 93.7 Å². The number of nitrogens with two attached hydrogens (primary N) is 1. The molecule has 16 heavy (non-hydrogen) atoms. The van der Waals surface area contributed by atoms with Crippen LogP contribution >= 0.6 is 0 Å². The number of nitrogen functional groups attached to an aromatic ring is 1. The lowest BCUT2D eigenvalue weighted by Gasteiger charge is -2.06. The zero-order valence-electron chi connectivity index (χ0n) is 9.07. The topological polar surface area (TPSA) is 38.9 Å². The van der Waals surface area contributed by atoms with Crippen LogP contribution in [0.5, 0.6) is 0 Å². The van der Waals surface area contributed by atoms with Crippen molar-refractivity contribution in [3.05, 3.63) is 48.0 Å². The van der Waals surface area contributed by atoms with Crippen LogP contribution in [0.4, 0.5) is 5.69 Å². The minimum Gasteiger partial charge on any atom is -0.398 e. The first-order valence-electron chi connectivity index (χ1n) is 5.30. The Kier molecular flexibility index (Phi) is 1.83. The van der Waals surface area contributed by atoms with Gasteiger partial charge in [0.2, 0.25) is 0 Å². The number of pyridine rings is 1. The maximum atomic E-state index is 6.16. The lowest BCUT2D eigenvalue weighted by molar-refractivity contribution is 1.44. The highest BCUT2D eigenvalue weighted by molar-refractivity contribution is 6.06. The molecule has 0 saturated heterocycles. The molecule has 2 nitrogen and oxygen atoms in total. The van der Waals surface area contributed by atoms with Gasteiger partial charge in [-0.25, -0.2) is 4.98 Å². The molecule has 0 aliphatic carbocycles. The monoisotopic (exact) mass is 208 g/mol. The first-order valence-corrected chi connectivity index (χ1v) is 5.30. The van der Waals surface area contributed by atoms with Crippen LogP contribution in [0.1, 0.15) is 5.56 Å². The van der Waals surface area contributed by atoms with E-state index in [4.69, 9.17) is 5.73 Å². The van der Waals surface area contributed by atoms with Gasteiger partial charge in [-0.1, -0.05) is 30.3 Å². The molecule has 0 radical (unpaired) electrons. The van der Waals surface area contributed by atoms with E-state index in [1.807, 2.05) is 30.3 Å². The number of benzene rings is 2. The maximum absolute atomic E-state index is 6.16. The number of nitrogens with zero attached hydrogens (tertiary/aromatic N) is 1. The quantitative estimate of drug-likeness (QED) is 0.576. The molecule has 0 saturated carbocycles. The van der Waals surface area contributed by atoms with Crippen molar-refractivity contribution in [3.63, 3.8) is 0 Å². The molecule has 3 aromatic rings. The van der Waals surface area contributed by atoms with Gasteiger partial charge in [-0.3, -0.25) is 0 Å². The molecule has 0 fully saturated rings. The smallest absolute Gasteiger partial charge is 0.0733 e. The Morgan fingerprint density at radius 2 is 1.69 bits per heavy atom. The van der Waals surface area contributed by atoms with Crippen molar-refractivity contribution in [1.82, 2.24) is 4.98 Å². The van der Waals surface area contributed by atoms with Gasteiger partial charge in [0.25, 0.3) is 0 Å². The number of aryl methyl sites for hydroxylation is 1. The summed E-state index contributed by atoms with van der Waals surface area (Å²) in [6.07, 6.45) is 0. The van der Waals surface area contributed by atoms with Crippen molar-refractivity contribution in [1.29, 1.82) is 0 Å². The second kappa shape index (κ2) is 3.20. The zero-order chi connectivity index (χ0) is 11.1. The van der Waals surface area contributed by atoms with Gasteiger partial charge in [0, 0.05) is 10.8 Å². The molecule has 2 aromatic carbocycles. The highest BCUT2D eigenvalue weighted by Crippen LogP contribution is 2.28. The third-order valence-electron chi connectivity index (χ3n) is 2.88. The van der Waals surface area contributed by atoms with Crippen molar-refractivity contribution in [2.24, 2.45) is 0 Å². The first kappa shape index (κ1) is 9.16. The molecule has 0 spiro atoms. The average molecular weight is 208 g/mol. The minimum absolute atomic E-state index is 0.820. The van der Waals surface area contributed by atoms with Crippen molar-refractivity contribution >= 4 is 27.5 Å². The van der Waals surface area contributed by atoms with Gasteiger partial charge in [0.05, 0.1) is 16.7 Å². The molecule has 0 aliphatic heterocycles. The number of hydrogen-bond donors (Lipinski definition) is 1. The molecule has 0 aliphatic rings. The highest BCUT2D eigenvalue weighted by atomic mass is 14.7. The summed E-state index contributed by atoms with van der Waals surface area (Å²) < 4.78 is 0. The van der Waals surface area contributed by atoms with Gasteiger partial charge in [0.15, 0.2) is 0 Å². The number of para-hydroxylation sites is 1. The van der Waals surface area contributed by atoms with Gasteiger partial charge in [-0.05, 0) is 24.6 Å². The Balaban J connectivity index is 2.55. The highest BCUT2D eigenvalue weighted by Gasteiger charge is 2.05. The maximum Gasteiger partial charge on any atom is 0.0733 e. The van der Waals surface area contributed by atoms with Crippen LogP contribution in [0.15, 0.2) is 42.5 Å². The minimum atomic E-state index is 0.820. The predicted octanol–water partition coefficient (Wildman–Crippen LogP) is 3.28. The van der Waals surface area contributed by atoms with E-state index in [0.29, 0.717) is 0 Å². The fourth-order valence-corrected chi connectivity index (χ4v) is 2.04. The van der Waals surface area contributed by atoms with Crippen molar-refractivity contribution in [2.75, 3.05) is 5.73 Å². The van der Waals surface area contributed by atoms with Crippen LogP contribution in [0.2, 0.25) is 0 Å². The van der Waals surface area contributed by atoms with E-state index in [0.717, 1.165) is 27.5 Å². The van der Waals surface area contributed by atoms with Crippen LogP contribution < -0.4 is 5.73 Å². The molecule has 0 unspecified atom stereocenters. The third-order valence-corrected chi connectivity index (χ3v) is 2.88. The molecule has 2 heteroatoms. The summed E-state index contributed by atoms with van der Waals surface area (Å²) >= 11 is 0. The normalized spacial score (nSPS) is 11.1. The number of anilines is 1. The lowest BCUT2D eigenvalue weighted by Crippen LogP contribution is -1.92. The molecule has 1 heterocycles. The molecular weight excluding hydrogens is 196 g/mol. The van der Waals surface area contributed by atoms with Gasteiger partial charge in [-0.15, -0.1) is 0 Å². The first-order chi connectivity index (χ1) is 7.75. The van der Waals surface area contributed by atoms with E-state index >= 15 is 0 Å². The summed E-state index contributed by atoms with van der Waals surface area (Å²) in [5, 5.41) is 2.06. The standard InChI is InChI=1S/C14H12N2/c1-9-6-7-11-13(8-9)16-12-5-3-2-4-10(12)14(11)15/h2-8H,1H3,(H2,15,16). The summed E-state index contributed by atoms with van der Waals surface area (Å²) in [6, 6.07) is 14.1. The summed E-state index contributed by atoms with van der Waals surface area (Å²) in [4.78, 5) is 4.62. The zero-order valence-corrected chi connectivity index (χ0v) is 9.07. The Morgan fingerprint density at radius 3 is 2.56 bits per heavy atom. The van der Waals surface area contributed by atoms with Crippen LogP contribution in [-0.2, 0) is 0 Å². The predicted molar refractivity (Wildman–Crippen MR) is 68.4 cm³/mol. The van der Waals surface area contributed by atoms with E-state index in [9.17, 15) is 0 Å². The summed E-state index contributed by atoms with van der Waals surface area (Å²) in [7, 11) is 0. The molecule has 0 atom stereocenters. The van der Waals surface area contributed by atoms with Crippen molar-refractivity contribution in [3.8, 4) is 0 Å². The molecular formula is C14H12N2. The number of fused-ring (bicyclic) bond motifs is 2. The van der Waals surface area contributed by atoms with Crippen LogP contribution in [-0.4, -0.2) is 4.98 Å². The molecule has 2 N–H and O–H groups in total. The van der Waals surface area contributed by atoms with Crippen LogP contribution in [0.25, 0.3) is 21.8 Å². The van der Waals surface area contributed by atoms with E-state index in [-0.39, 0.29) is 0 Å². The second-order valence-electron chi connectivity index (χ2n) is 4.06. The molecule has 0 amide bonds. The Bertz CT molecular complexity index is 687. The van der Waals surface area contributed by atoms with Crippen molar-refractivity contribution < 1.29 is 0 Å².